The van der Waals surface area contributed by atoms with Crippen molar-refractivity contribution in [3.05, 3.63) is 105 Å². The van der Waals surface area contributed by atoms with Gasteiger partial charge in [-0.25, -0.2) is 0 Å². The van der Waals surface area contributed by atoms with Gasteiger partial charge in [0.05, 0.1) is 23.0 Å². The molecule has 4 aromatic rings. The van der Waals surface area contributed by atoms with E-state index in [4.69, 9.17) is 14.2 Å². The van der Waals surface area contributed by atoms with Crippen LogP contribution in [0.25, 0.3) is 16.8 Å². The third-order valence-corrected chi connectivity index (χ3v) is 8.45. The molecule has 0 spiro atoms. The lowest BCUT2D eigenvalue weighted by Gasteiger charge is -2.19. The predicted molar refractivity (Wildman–Crippen MR) is 172 cm³/mol. The predicted octanol–water partition coefficient (Wildman–Crippen LogP) is 8.60. The van der Waals surface area contributed by atoms with E-state index in [0.29, 0.717) is 39.7 Å². The van der Waals surface area contributed by atoms with E-state index in [2.05, 4.69) is 48.8 Å². The molecule has 1 aliphatic heterocycles. The Labute approximate surface area is 258 Å². The van der Waals surface area contributed by atoms with E-state index in [1.165, 1.54) is 10.5 Å². The molecule has 0 aliphatic carbocycles. The van der Waals surface area contributed by atoms with Crippen LogP contribution in [0.4, 0.5) is 4.79 Å². The van der Waals surface area contributed by atoms with Crippen molar-refractivity contribution in [1.29, 1.82) is 0 Å². The molecule has 0 bridgehead atoms. The van der Waals surface area contributed by atoms with Gasteiger partial charge in [-0.15, -0.1) is 0 Å². The standard InChI is InChI=1S/C34H32BrNO5S/c1-34(2,3)25-12-14-26(15-13-25)40-16-17-41-31-28(35)18-22(19-29(31)39-4)20-30-32(37)36(33(38)42-30)21-24-10-7-9-23-8-5-6-11-27(23)24/h5-15,18-20H,16-17,21H2,1-4H3/b30-20-. The van der Waals surface area contributed by atoms with Crippen molar-refractivity contribution in [3.8, 4) is 17.2 Å². The Balaban J connectivity index is 1.25. The number of rotatable bonds is 9. The zero-order valence-corrected chi connectivity index (χ0v) is 26.4. The molecule has 0 N–H and O–H groups in total. The number of nitrogens with zero attached hydrogens (tertiary/aromatic N) is 1. The van der Waals surface area contributed by atoms with E-state index in [9.17, 15) is 9.59 Å². The number of thioether (sulfide) groups is 1. The summed E-state index contributed by atoms with van der Waals surface area (Å²) in [6.07, 6.45) is 1.70. The van der Waals surface area contributed by atoms with Gasteiger partial charge in [-0.3, -0.25) is 14.5 Å². The molecule has 8 heteroatoms. The number of methoxy groups -OCH3 is 1. The molecule has 42 heavy (non-hydrogen) atoms. The number of ether oxygens (including phenoxy) is 3. The Hall–Kier alpha value is -3.75. The summed E-state index contributed by atoms with van der Waals surface area (Å²) >= 11 is 4.51. The average Bonchev–Trinajstić information content (AvgIpc) is 3.23. The summed E-state index contributed by atoms with van der Waals surface area (Å²) < 4.78 is 18.1. The molecule has 6 nitrogen and oxygen atoms in total. The molecular weight excluding hydrogens is 614 g/mol. The minimum absolute atomic E-state index is 0.0860. The number of hydrogen-bond donors (Lipinski definition) is 0. The molecule has 216 valence electrons. The maximum Gasteiger partial charge on any atom is 0.293 e. The van der Waals surface area contributed by atoms with Crippen LogP contribution in [0.15, 0.2) is 88.2 Å². The Kier molecular flexibility index (Phi) is 8.94. The lowest BCUT2D eigenvalue weighted by atomic mass is 9.87. The molecule has 2 amide bonds. The zero-order chi connectivity index (χ0) is 29.9. The zero-order valence-electron chi connectivity index (χ0n) is 24.0. The third-order valence-electron chi connectivity index (χ3n) is 6.95. The summed E-state index contributed by atoms with van der Waals surface area (Å²) in [6.45, 7) is 7.41. The maximum atomic E-state index is 13.3. The van der Waals surface area contributed by atoms with Gasteiger partial charge >= 0.3 is 0 Å². The SMILES string of the molecule is COc1cc(/C=C2\SC(=O)N(Cc3cccc4ccccc34)C2=O)cc(Br)c1OCCOc1ccc(C(C)(C)C)cc1. The smallest absolute Gasteiger partial charge is 0.293 e. The molecule has 1 heterocycles. The second-order valence-electron chi connectivity index (χ2n) is 10.9. The summed E-state index contributed by atoms with van der Waals surface area (Å²) in [5, 5.41) is 1.80. The summed E-state index contributed by atoms with van der Waals surface area (Å²) in [5.74, 6) is 1.49. The molecule has 1 saturated heterocycles. The average molecular weight is 647 g/mol. The van der Waals surface area contributed by atoms with Crippen LogP contribution in [-0.2, 0) is 16.8 Å². The van der Waals surface area contributed by atoms with Gasteiger partial charge < -0.3 is 14.2 Å². The van der Waals surface area contributed by atoms with Gasteiger partial charge in [0.1, 0.15) is 19.0 Å². The summed E-state index contributed by atoms with van der Waals surface area (Å²) in [6, 6.07) is 25.6. The lowest BCUT2D eigenvalue weighted by Crippen LogP contribution is -2.27. The second kappa shape index (κ2) is 12.6. The largest absolute Gasteiger partial charge is 0.493 e. The molecular formula is C34H32BrNO5S. The van der Waals surface area contributed by atoms with Gasteiger partial charge in [-0.1, -0.05) is 75.4 Å². The first-order valence-corrected chi connectivity index (χ1v) is 15.2. The van der Waals surface area contributed by atoms with Crippen LogP contribution >= 0.6 is 27.7 Å². The Morgan fingerprint density at radius 3 is 2.36 bits per heavy atom. The normalized spacial score (nSPS) is 14.6. The molecule has 0 radical (unpaired) electrons. The second-order valence-corrected chi connectivity index (χ2v) is 12.8. The maximum absolute atomic E-state index is 13.3. The topological polar surface area (TPSA) is 65.1 Å². The van der Waals surface area contributed by atoms with Crippen molar-refractivity contribution in [2.75, 3.05) is 20.3 Å². The van der Waals surface area contributed by atoms with Crippen LogP contribution in [0, 0.1) is 0 Å². The van der Waals surface area contributed by atoms with E-state index in [1.54, 1.807) is 19.3 Å². The molecule has 5 rings (SSSR count). The van der Waals surface area contributed by atoms with Crippen molar-refractivity contribution in [1.82, 2.24) is 4.90 Å². The number of carbonyl (C=O) groups is 2. The van der Waals surface area contributed by atoms with Crippen LogP contribution in [0.3, 0.4) is 0 Å². The third kappa shape index (κ3) is 6.66. The number of fused-ring (bicyclic) bond motifs is 1. The fourth-order valence-corrected chi connectivity index (χ4v) is 6.12. The van der Waals surface area contributed by atoms with Crippen molar-refractivity contribution in [2.45, 2.75) is 32.7 Å². The number of imide groups is 1. The van der Waals surface area contributed by atoms with Crippen LogP contribution < -0.4 is 14.2 Å². The number of hydrogen-bond acceptors (Lipinski definition) is 6. The quantitative estimate of drug-likeness (QED) is 0.134. The monoisotopic (exact) mass is 645 g/mol. The Morgan fingerprint density at radius 2 is 1.62 bits per heavy atom. The minimum atomic E-state index is -0.318. The van der Waals surface area contributed by atoms with Crippen LogP contribution in [-0.4, -0.2) is 36.4 Å². The highest BCUT2D eigenvalue weighted by atomic mass is 79.9. The van der Waals surface area contributed by atoms with Crippen LogP contribution in [0.5, 0.6) is 17.2 Å². The highest BCUT2D eigenvalue weighted by Crippen LogP contribution is 2.39. The Morgan fingerprint density at radius 1 is 0.905 bits per heavy atom. The highest BCUT2D eigenvalue weighted by molar-refractivity contribution is 9.10. The van der Waals surface area contributed by atoms with Crippen LogP contribution in [0.2, 0.25) is 0 Å². The molecule has 1 aliphatic rings. The number of carbonyl (C=O) groups excluding carboxylic acids is 2. The van der Waals surface area contributed by atoms with E-state index >= 15 is 0 Å². The molecule has 1 fully saturated rings. The van der Waals surface area contributed by atoms with Crippen molar-refractivity contribution >= 4 is 55.7 Å². The van der Waals surface area contributed by atoms with Gasteiger partial charge in [0.15, 0.2) is 11.5 Å². The van der Waals surface area contributed by atoms with Gasteiger partial charge in [-0.2, -0.15) is 0 Å². The fraction of sp³-hybridized carbons (Fsp3) is 0.235. The molecule has 0 saturated carbocycles. The number of benzene rings is 4. The van der Waals surface area contributed by atoms with E-state index < -0.39 is 0 Å². The Bertz CT molecular complexity index is 1650. The van der Waals surface area contributed by atoms with E-state index in [-0.39, 0.29) is 23.1 Å². The van der Waals surface area contributed by atoms with E-state index in [1.807, 2.05) is 60.7 Å². The molecule has 0 aromatic heterocycles. The van der Waals surface area contributed by atoms with Crippen molar-refractivity contribution in [2.24, 2.45) is 0 Å². The first-order chi connectivity index (χ1) is 20.1. The lowest BCUT2D eigenvalue weighted by molar-refractivity contribution is -0.123. The summed E-state index contributed by atoms with van der Waals surface area (Å²) in [5.41, 5.74) is 2.96. The van der Waals surface area contributed by atoms with E-state index in [0.717, 1.165) is 33.8 Å². The summed E-state index contributed by atoms with van der Waals surface area (Å²) in [7, 11) is 1.56. The highest BCUT2D eigenvalue weighted by Gasteiger charge is 2.35. The first kappa shape index (κ1) is 29.7. The van der Waals surface area contributed by atoms with Gasteiger partial charge in [0.2, 0.25) is 0 Å². The molecule has 0 atom stereocenters. The number of amides is 2. The first-order valence-electron chi connectivity index (χ1n) is 13.6. The molecule has 0 unspecified atom stereocenters. The van der Waals surface area contributed by atoms with Gasteiger partial charge in [-0.05, 0) is 90.9 Å². The van der Waals surface area contributed by atoms with Crippen molar-refractivity contribution < 1.29 is 23.8 Å². The fourth-order valence-electron chi connectivity index (χ4n) is 4.71. The molecule has 4 aromatic carbocycles. The summed E-state index contributed by atoms with van der Waals surface area (Å²) in [4.78, 5) is 27.7. The van der Waals surface area contributed by atoms with Crippen LogP contribution in [0.1, 0.15) is 37.5 Å². The van der Waals surface area contributed by atoms with Gasteiger partial charge in [0, 0.05) is 0 Å². The van der Waals surface area contributed by atoms with Gasteiger partial charge in [0.25, 0.3) is 11.1 Å². The minimum Gasteiger partial charge on any atom is -0.493 e. The number of halogens is 1. The van der Waals surface area contributed by atoms with Crippen molar-refractivity contribution in [3.63, 3.8) is 0 Å².